The lowest BCUT2D eigenvalue weighted by Gasteiger charge is -2.13. The molecular formula is C25H25N5O4. The predicted molar refractivity (Wildman–Crippen MR) is 126 cm³/mol. The Morgan fingerprint density at radius 2 is 1.94 bits per heavy atom. The number of benzene rings is 1. The average molecular weight is 460 g/mol. The van der Waals surface area contributed by atoms with Crippen LogP contribution in [0.2, 0.25) is 0 Å². The van der Waals surface area contributed by atoms with Crippen LogP contribution in [0.15, 0.2) is 47.1 Å². The zero-order valence-electron chi connectivity index (χ0n) is 19.0. The Hall–Kier alpha value is -4.03. The maximum Gasteiger partial charge on any atom is 0.227 e. The first-order chi connectivity index (χ1) is 16.6. The highest BCUT2D eigenvalue weighted by Gasteiger charge is 2.28. The summed E-state index contributed by atoms with van der Waals surface area (Å²) in [6.07, 6.45) is 4.90. The number of anilines is 1. The molecule has 1 aliphatic rings. The SMILES string of the molecule is COc1ccc(CNc2nc(C#CC3(O)CCCC3)cc3nc(-c4ccco4)nn23)cc1OC. The van der Waals surface area contributed by atoms with E-state index in [0.29, 0.717) is 59.8 Å². The van der Waals surface area contributed by atoms with Crippen LogP contribution in [0, 0.1) is 11.8 Å². The Morgan fingerprint density at radius 1 is 1.12 bits per heavy atom. The van der Waals surface area contributed by atoms with Crippen molar-refractivity contribution in [1.82, 2.24) is 19.6 Å². The van der Waals surface area contributed by atoms with Gasteiger partial charge in [-0.3, -0.25) is 0 Å². The zero-order chi connectivity index (χ0) is 23.5. The molecule has 1 saturated carbocycles. The van der Waals surface area contributed by atoms with Gasteiger partial charge in [0.2, 0.25) is 11.8 Å². The number of rotatable bonds is 6. The van der Waals surface area contributed by atoms with Crippen LogP contribution in [0.25, 0.3) is 17.2 Å². The summed E-state index contributed by atoms with van der Waals surface area (Å²) < 4.78 is 17.8. The molecule has 0 atom stereocenters. The number of nitrogens with one attached hydrogen (secondary N) is 1. The van der Waals surface area contributed by atoms with Gasteiger partial charge in [-0.05, 0) is 61.4 Å². The van der Waals surface area contributed by atoms with Crippen molar-refractivity contribution < 1.29 is 19.0 Å². The highest BCUT2D eigenvalue weighted by molar-refractivity contribution is 5.57. The fraction of sp³-hybridized carbons (Fsp3) is 0.320. The molecule has 3 aromatic heterocycles. The highest BCUT2D eigenvalue weighted by atomic mass is 16.5. The molecule has 0 bridgehead atoms. The van der Waals surface area contributed by atoms with Crippen molar-refractivity contribution in [3.63, 3.8) is 0 Å². The topological polar surface area (TPSA) is 107 Å². The summed E-state index contributed by atoms with van der Waals surface area (Å²) in [4.78, 5) is 9.25. The van der Waals surface area contributed by atoms with Crippen molar-refractivity contribution in [2.45, 2.75) is 37.8 Å². The van der Waals surface area contributed by atoms with E-state index in [2.05, 4.69) is 32.2 Å². The molecule has 0 aliphatic heterocycles. The number of fused-ring (bicyclic) bond motifs is 1. The van der Waals surface area contributed by atoms with E-state index in [1.807, 2.05) is 18.2 Å². The van der Waals surface area contributed by atoms with Crippen LogP contribution in [0.5, 0.6) is 11.5 Å². The third-order valence-electron chi connectivity index (χ3n) is 5.82. The molecule has 5 rings (SSSR count). The third kappa shape index (κ3) is 4.40. The Balaban J connectivity index is 1.50. The first kappa shape index (κ1) is 21.8. The maximum atomic E-state index is 10.6. The molecule has 1 aliphatic carbocycles. The van der Waals surface area contributed by atoms with Crippen LogP contribution in [-0.2, 0) is 6.54 Å². The number of methoxy groups -OCH3 is 2. The van der Waals surface area contributed by atoms with Crippen molar-refractivity contribution in [3.8, 4) is 34.9 Å². The summed E-state index contributed by atoms with van der Waals surface area (Å²) in [5, 5.41) is 18.5. The van der Waals surface area contributed by atoms with Gasteiger partial charge in [-0.1, -0.05) is 12.0 Å². The van der Waals surface area contributed by atoms with E-state index in [1.54, 1.807) is 43.2 Å². The van der Waals surface area contributed by atoms with E-state index < -0.39 is 5.60 Å². The van der Waals surface area contributed by atoms with Gasteiger partial charge < -0.3 is 24.3 Å². The highest BCUT2D eigenvalue weighted by Crippen LogP contribution is 2.29. The fourth-order valence-electron chi connectivity index (χ4n) is 4.02. The Morgan fingerprint density at radius 3 is 2.68 bits per heavy atom. The molecule has 9 nitrogen and oxygen atoms in total. The van der Waals surface area contributed by atoms with Crippen molar-refractivity contribution >= 4 is 11.6 Å². The minimum Gasteiger partial charge on any atom is -0.493 e. The second-order valence-corrected chi connectivity index (χ2v) is 8.18. The first-order valence-electron chi connectivity index (χ1n) is 11.1. The van der Waals surface area contributed by atoms with Crippen LogP contribution in [0.1, 0.15) is 36.9 Å². The molecule has 0 spiro atoms. The number of ether oxygens (including phenoxy) is 2. The molecule has 9 heteroatoms. The lowest BCUT2D eigenvalue weighted by atomic mass is 10.0. The number of hydrogen-bond acceptors (Lipinski definition) is 8. The lowest BCUT2D eigenvalue weighted by Crippen LogP contribution is -2.20. The summed E-state index contributed by atoms with van der Waals surface area (Å²) in [7, 11) is 3.21. The molecule has 2 N–H and O–H groups in total. The van der Waals surface area contributed by atoms with E-state index in [1.165, 1.54) is 0 Å². The molecule has 34 heavy (non-hydrogen) atoms. The number of nitrogens with zero attached hydrogens (tertiary/aromatic N) is 4. The lowest BCUT2D eigenvalue weighted by molar-refractivity contribution is 0.110. The monoisotopic (exact) mass is 459 g/mol. The van der Waals surface area contributed by atoms with Crippen LogP contribution < -0.4 is 14.8 Å². The van der Waals surface area contributed by atoms with Gasteiger partial charge in [-0.25, -0.2) is 9.97 Å². The molecule has 1 aromatic carbocycles. The molecule has 3 heterocycles. The first-order valence-corrected chi connectivity index (χ1v) is 11.1. The molecular weight excluding hydrogens is 434 g/mol. The molecule has 0 radical (unpaired) electrons. The van der Waals surface area contributed by atoms with E-state index in [9.17, 15) is 5.11 Å². The summed E-state index contributed by atoms with van der Waals surface area (Å²) in [6.45, 7) is 0.458. The minimum atomic E-state index is -0.950. The number of aliphatic hydroxyl groups is 1. The quantitative estimate of drug-likeness (QED) is 0.421. The molecule has 0 unspecified atom stereocenters. The second-order valence-electron chi connectivity index (χ2n) is 8.18. The minimum absolute atomic E-state index is 0.445. The van der Waals surface area contributed by atoms with Crippen LogP contribution in [0.3, 0.4) is 0 Å². The van der Waals surface area contributed by atoms with Gasteiger partial charge in [0.1, 0.15) is 11.3 Å². The van der Waals surface area contributed by atoms with Gasteiger partial charge in [-0.15, -0.1) is 5.10 Å². The van der Waals surface area contributed by atoms with Crippen molar-refractivity contribution in [3.05, 3.63) is 53.9 Å². The Kier molecular flexibility index (Phi) is 5.82. The van der Waals surface area contributed by atoms with Crippen LogP contribution in [-0.4, -0.2) is 44.5 Å². The largest absolute Gasteiger partial charge is 0.493 e. The zero-order valence-corrected chi connectivity index (χ0v) is 19.0. The van der Waals surface area contributed by atoms with Crippen LogP contribution in [0.4, 0.5) is 5.95 Å². The van der Waals surface area contributed by atoms with Gasteiger partial charge in [0, 0.05) is 12.6 Å². The molecule has 4 aromatic rings. The predicted octanol–water partition coefficient (Wildman–Crippen LogP) is 3.67. The summed E-state index contributed by atoms with van der Waals surface area (Å²) in [6, 6.07) is 11.0. The smallest absolute Gasteiger partial charge is 0.227 e. The summed E-state index contributed by atoms with van der Waals surface area (Å²) >= 11 is 0. The van der Waals surface area contributed by atoms with Crippen LogP contribution >= 0.6 is 0 Å². The average Bonchev–Trinajstić information content (AvgIpc) is 3.62. The molecule has 0 amide bonds. The Labute approximate surface area is 196 Å². The maximum absolute atomic E-state index is 10.6. The van der Waals surface area contributed by atoms with Gasteiger partial charge in [0.05, 0.1) is 20.5 Å². The fourth-order valence-corrected chi connectivity index (χ4v) is 4.02. The molecule has 1 fully saturated rings. The standard InChI is InChI=1S/C25H25N5O4/c1-32-19-8-7-17(14-21(19)33-2)16-26-24-27-18(9-12-25(31)10-3-4-11-25)15-22-28-23(29-30(22)24)20-6-5-13-34-20/h5-8,13-15,31H,3-4,10-11,16H2,1-2H3,(H,26,27). The summed E-state index contributed by atoms with van der Waals surface area (Å²) in [5.74, 6) is 8.83. The van der Waals surface area contributed by atoms with Gasteiger partial charge in [0.25, 0.3) is 0 Å². The normalized spacial score (nSPS) is 14.6. The van der Waals surface area contributed by atoms with Crippen molar-refractivity contribution in [1.29, 1.82) is 0 Å². The molecule has 174 valence electrons. The van der Waals surface area contributed by atoms with E-state index in [-0.39, 0.29) is 0 Å². The van der Waals surface area contributed by atoms with Gasteiger partial charge in [0.15, 0.2) is 22.9 Å². The third-order valence-corrected chi connectivity index (χ3v) is 5.82. The summed E-state index contributed by atoms with van der Waals surface area (Å²) in [5.41, 5.74) is 1.09. The van der Waals surface area contributed by atoms with E-state index >= 15 is 0 Å². The van der Waals surface area contributed by atoms with E-state index in [0.717, 1.165) is 18.4 Å². The second kappa shape index (κ2) is 9.08. The van der Waals surface area contributed by atoms with Crippen molar-refractivity contribution in [2.75, 3.05) is 19.5 Å². The number of aromatic nitrogens is 4. The number of furan rings is 1. The van der Waals surface area contributed by atoms with E-state index in [4.69, 9.17) is 13.9 Å². The van der Waals surface area contributed by atoms with Crippen molar-refractivity contribution in [2.24, 2.45) is 0 Å². The van der Waals surface area contributed by atoms with Gasteiger partial charge >= 0.3 is 0 Å². The number of hydrogen-bond donors (Lipinski definition) is 2. The Bertz CT molecular complexity index is 1360. The molecule has 0 saturated heterocycles. The van der Waals surface area contributed by atoms with Gasteiger partial charge in [-0.2, -0.15) is 4.52 Å².